The number of benzene rings is 1. The highest BCUT2D eigenvalue weighted by atomic mass is 19.4. The smallest absolute Gasteiger partial charge is 0.475 e. The highest BCUT2D eigenvalue weighted by molar-refractivity contribution is 5.73. The summed E-state index contributed by atoms with van der Waals surface area (Å²) < 4.78 is 31.7. The van der Waals surface area contributed by atoms with Gasteiger partial charge in [0.25, 0.3) is 0 Å². The minimum Gasteiger partial charge on any atom is -0.475 e. The molecule has 0 spiro atoms. The van der Waals surface area contributed by atoms with Crippen LogP contribution in [0.2, 0.25) is 0 Å². The Morgan fingerprint density at radius 2 is 1.86 bits per heavy atom. The van der Waals surface area contributed by atoms with Crippen molar-refractivity contribution in [3.8, 4) is 11.4 Å². The van der Waals surface area contributed by atoms with Crippen molar-refractivity contribution < 1.29 is 23.1 Å². The number of hydrogen-bond donors (Lipinski definition) is 2. The molecule has 3 aromatic rings. The average Bonchev–Trinajstić information content (AvgIpc) is 3.18. The van der Waals surface area contributed by atoms with Gasteiger partial charge in [-0.2, -0.15) is 18.4 Å². The Hall–Kier alpha value is -3.34. The van der Waals surface area contributed by atoms with Gasteiger partial charge >= 0.3 is 12.1 Å². The van der Waals surface area contributed by atoms with E-state index in [1.807, 2.05) is 30.5 Å². The van der Waals surface area contributed by atoms with Crippen LogP contribution in [0.1, 0.15) is 16.8 Å². The van der Waals surface area contributed by atoms with Crippen LogP contribution in [0.5, 0.6) is 0 Å². The second-order valence-corrected chi connectivity index (χ2v) is 6.13. The molecule has 0 amide bonds. The molecule has 0 aliphatic heterocycles. The van der Waals surface area contributed by atoms with Crippen molar-refractivity contribution in [2.45, 2.75) is 26.2 Å². The summed E-state index contributed by atoms with van der Waals surface area (Å²) >= 11 is 0. The molecular formula is C18H19F3N6O2. The number of carboxylic acid groups (broad SMARTS) is 1. The van der Waals surface area contributed by atoms with Crippen molar-refractivity contribution in [1.29, 1.82) is 0 Å². The summed E-state index contributed by atoms with van der Waals surface area (Å²) in [5.74, 6) is -2.13. The van der Waals surface area contributed by atoms with Crippen LogP contribution in [0.15, 0.2) is 42.6 Å². The van der Waals surface area contributed by atoms with Crippen molar-refractivity contribution in [3.63, 3.8) is 0 Å². The lowest BCUT2D eigenvalue weighted by molar-refractivity contribution is -0.192. The van der Waals surface area contributed by atoms with Gasteiger partial charge in [-0.25, -0.2) is 4.79 Å². The van der Waals surface area contributed by atoms with Gasteiger partial charge in [0, 0.05) is 24.8 Å². The Bertz CT molecular complexity index is 931. The second-order valence-electron chi connectivity index (χ2n) is 6.13. The third-order valence-corrected chi connectivity index (χ3v) is 3.82. The summed E-state index contributed by atoms with van der Waals surface area (Å²) in [6, 6.07) is 12.2. The fourth-order valence-electron chi connectivity index (χ4n) is 2.44. The number of nitrogens with zero attached hydrogens (tertiary/aromatic N) is 5. The molecule has 8 nitrogen and oxygen atoms in total. The maximum Gasteiger partial charge on any atom is 0.490 e. The summed E-state index contributed by atoms with van der Waals surface area (Å²) in [6.45, 7) is 3.68. The van der Waals surface area contributed by atoms with E-state index in [1.165, 1.54) is 11.1 Å². The largest absolute Gasteiger partial charge is 0.490 e. The second kappa shape index (κ2) is 9.73. The van der Waals surface area contributed by atoms with Crippen LogP contribution in [-0.2, 0) is 17.9 Å². The predicted octanol–water partition coefficient (Wildman–Crippen LogP) is 2.84. The molecule has 0 radical (unpaired) electrons. The molecule has 3 rings (SSSR count). The number of rotatable bonds is 5. The van der Waals surface area contributed by atoms with E-state index in [-0.39, 0.29) is 0 Å². The van der Waals surface area contributed by atoms with Gasteiger partial charge < -0.3 is 5.11 Å². The zero-order chi connectivity index (χ0) is 21.4. The number of aromatic nitrogens is 5. The van der Waals surface area contributed by atoms with Gasteiger partial charge in [0.1, 0.15) is 0 Å². The summed E-state index contributed by atoms with van der Waals surface area (Å²) in [7, 11) is 2.08. The van der Waals surface area contributed by atoms with Crippen molar-refractivity contribution in [1.82, 2.24) is 30.5 Å². The fourth-order valence-corrected chi connectivity index (χ4v) is 2.44. The minimum atomic E-state index is -5.08. The zero-order valence-corrected chi connectivity index (χ0v) is 15.7. The molecular weight excluding hydrogens is 389 g/mol. The Labute approximate surface area is 164 Å². The molecule has 0 aliphatic carbocycles. The van der Waals surface area contributed by atoms with Crippen molar-refractivity contribution in [2.24, 2.45) is 0 Å². The molecule has 0 fully saturated rings. The van der Waals surface area contributed by atoms with Gasteiger partial charge in [0.05, 0.1) is 5.69 Å². The first kappa shape index (κ1) is 22.0. The molecule has 2 aromatic heterocycles. The fraction of sp³-hybridized carbons (Fsp3) is 0.278. The molecule has 11 heteroatoms. The lowest BCUT2D eigenvalue weighted by atomic mass is 10.1. The Morgan fingerprint density at radius 3 is 2.45 bits per heavy atom. The highest BCUT2D eigenvalue weighted by Gasteiger charge is 2.38. The molecule has 29 heavy (non-hydrogen) atoms. The number of carbonyl (C=O) groups is 1. The van der Waals surface area contributed by atoms with Crippen LogP contribution in [0.4, 0.5) is 13.2 Å². The first-order valence-corrected chi connectivity index (χ1v) is 8.39. The molecule has 2 heterocycles. The number of pyridine rings is 1. The van der Waals surface area contributed by atoms with E-state index in [2.05, 4.69) is 56.6 Å². The van der Waals surface area contributed by atoms with Crippen LogP contribution in [0.25, 0.3) is 11.4 Å². The number of aryl methyl sites for hydroxylation is 1. The molecule has 154 valence electrons. The van der Waals surface area contributed by atoms with Crippen LogP contribution in [0.3, 0.4) is 0 Å². The number of alkyl halides is 3. The van der Waals surface area contributed by atoms with E-state index in [0.29, 0.717) is 5.82 Å². The quantitative estimate of drug-likeness (QED) is 0.668. The first-order valence-electron chi connectivity index (χ1n) is 8.39. The first-order chi connectivity index (χ1) is 13.7. The summed E-state index contributed by atoms with van der Waals surface area (Å²) in [4.78, 5) is 15.6. The Balaban J connectivity index is 0.000000370. The zero-order valence-electron chi connectivity index (χ0n) is 15.7. The highest BCUT2D eigenvalue weighted by Crippen LogP contribution is 2.21. The van der Waals surface area contributed by atoms with Gasteiger partial charge in [0.2, 0.25) is 5.82 Å². The molecule has 0 saturated heterocycles. The van der Waals surface area contributed by atoms with Crippen molar-refractivity contribution >= 4 is 5.97 Å². The van der Waals surface area contributed by atoms with Gasteiger partial charge in [-0.05, 0) is 36.4 Å². The summed E-state index contributed by atoms with van der Waals surface area (Å²) in [6.07, 6.45) is -3.25. The van der Waals surface area contributed by atoms with E-state index >= 15 is 0 Å². The van der Waals surface area contributed by atoms with Gasteiger partial charge in [-0.1, -0.05) is 30.3 Å². The summed E-state index contributed by atoms with van der Waals surface area (Å²) in [5, 5.41) is 21.4. The molecule has 0 atom stereocenters. The molecule has 0 unspecified atom stereocenters. The third-order valence-electron chi connectivity index (χ3n) is 3.82. The van der Waals surface area contributed by atoms with Crippen molar-refractivity contribution in [3.05, 3.63) is 59.4 Å². The van der Waals surface area contributed by atoms with E-state index in [9.17, 15) is 13.2 Å². The maximum absolute atomic E-state index is 10.6. The van der Waals surface area contributed by atoms with Crippen LogP contribution in [0, 0.1) is 6.92 Å². The van der Waals surface area contributed by atoms with Gasteiger partial charge in [0.15, 0.2) is 0 Å². The van der Waals surface area contributed by atoms with Crippen molar-refractivity contribution in [2.75, 3.05) is 7.05 Å². The van der Waals surface area contributed by atoms with E-state index in [4.69, 9.17) is 9.90 Å². The molecule has 2 N–H and O–H groups in total. The minimum absolute atomic E-state index is 0.623. The molecule has 0 saturated carbocycles. The van der Waals surface area contributed by atoms with Crippen LogP contribution >= 0.6 is 0 Å². The Morgan fingerprint density at radius 1 is 1.17 bits per heavy atom. The number of carboxylic acids is 1. The number of halogens is 3. The topological polar surface area (TPSA) is 108 Å². The normalized spacial score (nSPS) is 11.1. The van der Waals surface area contributed by atoms with E-state index in [0.717, 1.165) is 24.3 Å². The molecule has 1 aromatic carbocycles. The van der Waals surface area contributed by atoms with Gasteiger partial charge in [-0.15, -0.1) is 10.2 Å². The maximum atomic E-state index is 10.6. The Kier molecular flexibility index (Phi) is 7.37. The van der Waals surface area contributed by atoms with Crippen LogP contribution < -0.4 is 0 Å². The van der Waals surface area contributed by atoms with Gasteiger partial charge in [-0.3, -0.25) is 9.88 Å². The number of H-pyrrole nitrogens is 1. The predicted molar refractivity (Wildman–Crippen MR) is 97.4 cm³/mol. The van der Waals surface area contributed by atoms with E-state index in [1.54, 1.807) is 0 Å². The standard InChI is InChI=1S/C16H18N6.C2HF3O2/c1-12-6-5-9-17-15(12)11-22(2)10-13-7-3-4-8-14(13)16-18-20-21-19-16;3-2(4,5)1(6)7/h3-9H,10-11H2,1-2H3,(H,18,19,20,21);(H,6,7). The summed E-state index contributed by atoms with van der Waals surface area (Å²) in [5.41, 5.74) is 4.48. The number of hydrogen-bond acceptors (Lipinski definition) is 6. The number of aromatic amines is 1. The lowest BCUT2D eigenvalue weighted by Crippen LogP contribution is -2.21. The van der Waals surface area contributed by atoms with E-state index < -0.39 is 12.1 Å². The molecule has 0 aliphatic rings. The monoisotopic (exact) mass is 408 g/mol. The van der Waals surface area contributed by atoms with Crippen LogP contribution in [-0.4, -0.2) is 54.8 Å². The SMILES string of the molecule is Cc1cccnc1CN(C)Cc1ccccc1-c1nn[nH]n1.O=C(O)C(F)(F)F. The molecule has 0 bridgehead atoms. The number of nitrogens with one attached hydrogen (secondary N) is 1. The lowest BCUT2D eigenvalue weighted by Gasteiger charge is -2.18. The number of aliphatic carboxylic acids is 1. The average molecular weight is 408 g/mol. The third kappa shape index (κ3) is 6.64. The number of tetrazole rings is 1.